The number of thiazole rings is 1. The summed E-state index contributed by atoms with van der Waals surface area (Å²) in [6.07, 6.45) is 3.40. The number of carbonyl (C=O) groups is 2. The molecule has 0 bridgehead atoms. The Kier molecular flexibility index (Phi) is 5.26. The molecule has 0 radical (unpaired) electrons. The Bertz CT molecular complexity index is 636. The highest BCUT2D eigenvalue weighted by molar-refractivity contribution is 7.13. The molecule has 8 heteroatoms. The van der Waals surface area contributed by atoms with Gasteiger partial charge in [-0.3, -0.25) is 9.59 Å². The molecular formula is C14H18N4O3S. The maximum atomic E-state index is 12.3. The number of aryl methyl sites for hydroxylation is 1. The standard InChI is InChI=1S/C14H18N4O3S/c1-8(2)6-11(13(20)17-14-15-4-5-22-14)16-12(19)10-7-21-18-9(10)3/h4-5,7-8,11H,6H2,1-3H3,(H,16,19)(H,15,17,20). The maximum Gasteiger partial charge on any atom is 0.257 e. The number of amides is 2. The van der Waals surface area contributed by atoms with Crippen molar-refractivity contribution in [3.8, 4) is 0 Å². The minimum absolute atomic E-state index is 0.246. The van der Waals surface area contributed by atoms with E-state index in [0.717, 1.165) is 0 Å². The van der Waals surface area contributed by atoms with Crippen molar-refractivity contribution in [2.75, 3.05) is 5.32 Å². The number of hydrogen-bond acceptors (Lipinski definition) is 6. The summed E-state index contributed by atoms with van der Waals surface area (Å²) in [5, 5.41) is 11.4. The van der Waals surface area contributed by atoms with Gasteiger partial charge in [-0.2, -0.15) is 0 Å². The van der Waals surface area contributed by atoms with Crippen LogP contribution in [0.3, 0.4) is 0 Å². The predicted octanol–water partition coefficient (Wildman–Crippen LogP) is 2.22. The van der Waals surface area contributed by atoms with Crippen LogP contribution >= 0.6 is 11.3 Å². The highest BCUT2D eigenvalue weighted by Gasteiger charge is 2.24. The molecule has 2 heterocycles. The number of anilines is 1. The van der Waals surface area contributed by atoms with Crippen molar-refractivity contribution in [2.24, 2.45) is 5.92 Å². The summed E-state index contributed by atoms with van der Waals surface area (Å²) in [7, 11) is 0. The number of rotatable bonds is 6. The van der Waals surface area contributed by atoms with Crippen molar-refractivity contribution in [3.63, 3.8) is 0 Å². The molecule has 0 aliphatic heterocycles. The zero-order chi connectivity index (χ0) is 16.1. The van der Waals surface area contributed by atoms with Crippen LogP contribution in [0.25, 0.3) is 0 Å². The minimum Gasteiger partial charge on any atom is -0.364 e. The third-order valence-electron chi connectivity index (χ3n) is 2.99. The molecule has 0 saturated carbocycles. The molecule has 0 spiro atoms. The van der Waals surface area contributed by atoms with Gasteiger partial charge >= 0.3 is 0 Å². The van der Waals surface area contributed by atoms with E-state index < -0.39 is 6.04 Å². The van der Waals surface area contributed by atoms with Gasteiger partial charge in [0.1, 0.15) is 17.9 Å². The Morgan fingerprint density at radius 3 is 2.73 bits per heavy atom. The van der Waals surface area contributed by atoms with Gasteiger partial charge in [0, 0.05) is 11.6 Å². The molecule has 2 N–H and O–H groups in total. The average Bonchev–Trinajstić information content (AvgIpc) is 3.08. The Hall–Kier alpha value is -2.22. The molecule has 2 amide bonds. The van der Waals surface area contributed by atoms with E-state index in [1.165, 1.54) is 17.6 Å². The fourth-order valence-electron chi connectivity index (χ4n) is 1.93. The number of nitrogens with zero attached hydrogens (tertiary/aromatic N) is 2. The van der Waals surface area contributed by atoms with Crippen LogP contribution in [0.2, 0.25) is 0 Å². The fraction of sp³-hybridized carbons (Fsp3) is 0.429. The second-order valence-corrected chi connectivity index (χ2v) is 6.19. The van der Waals surface area contributed by atoms with Crippen molar-refractivity contribution < 1.29 is 14.1 Å². The summed E-state index contributed by atoms with van der Waals surface area (Å²) in [4.78, 5) is 28.6. The van der Waals surface area contributed by atoms with E-state index in [-0.39, 0.29) is 17.7 Å². The molecule has 1 atom stereocenters. The van der Waals surface area contributed by atoms with E-state index in [9.17, 15) is 9.59 Å². The van der Waals surface area contributed by atoms with E-state index in [2.05, 4.69) is 20.8 Å². The van der Waals surface area contributed by atoms with Gasteiger partial charge in [-0.25, -0.2) is 4.98 Å². The van der Waals surface area contributed by atoms with Crippen molar-refractivity contribution in [1.29, 1.82) is 0 Å². The van der Waals surface area contributed by atoms with Gasteiger partial charge in [0.15, 0.2) is 5.13 Å². The smallest absolute Gasteiger partial charge is 0.257 e. The molecular weight excluding hydrogens is 304 g/mol. The zero-order valence-corrected chi connectivity index (χ0v) is 13.4. The molecule has 0 fully saturated rings. The predicted molar refractivity (Wildman–Crippen MR) is 82.7 cm³/mol. The summed E-state index contributed by atoms with van der Waals surface area (Å²) < 4.78 is 4.76. The summed E-state index contributed by atoms with van der Waals surface area (Å²) in [5.41, 5.74) is 0.817. The van der Waals surface area contributed by atoms with Crippen LogP contribution in [0.1, 0.15) is 36.3 Å². The molecule has 0 aliphatic rings. The third-order valence-corrected chi connectivity index (χ3v) is 3.67. The monoisotopic (exact) mass is 322 g/mol. The van der Waals surface area contributed by atoms with E-state index in [1.807, 2.05) is 13.8 Å². The number of carbonyl (C=O) groups excluding carboxylic acids is 2. The Morgan fingerprint density at radius 2 is 2.18 bits per heavy atom. The Balaban J connectivity index is 2.07. The SMILES string of the molecule is Cc1nocc1C(=O)NC(CC(C)C)C(=O)Nc1nccs1. The lowest BCUT2D eigenvalue weighted by atomic mass is 10.0. The lowest BCUT2D eigenvalue weighted by Gasteiger charge is -2.19. The lowest BCUT2D eigenvalue weighted by molar-refractivity contribution is -0.118. The van der Waals surface area contributed by atoms with Gasteiger partial charge in [0.05, 0.1) is 5.69 Å². The van der Waals surface area contributed by atoms with E-state index in [4.69, 9.17) is 4.52 Å². The molecule has 118 valence electrons. The topological polar surface area (TPSA) is 97.1 Å². The van der Waals surface area contributed by atoms with E-state index >= 15 is 0 Å². The quantitative estimate of drug-likeness (QED) is 0.850. The number of hydrogen-bond donors (Lipinski definition) is 2. The van der Waals surface area contributed by atoms with Crippen molar-refractivity contribution >= 4 is 28.3 Å². The highest BCUT2D eigenvalue weighted by atomic mass is 32.1. The second-order valence-electron chi connectivity index (χ2n) is 5.30. The lowest BCUT2D eigenvalue weighted by Crippen LogP contribution is -2.44. The first-order chi connectivity index (χ1) is 10.5. The minimum atomic E-state index is -0.648. The Labute approximate surface area is 132 Å². The van der Waals surface area contributed by atoms with Gasteiger partial charge in [-0.15, -0.1) is 11.3 Å². The summed E-state index contributed by atoms with van der Waals surface area (Å²) in [6.45, 7) is 5.65. The fourth-order valence-corrected chi connectivity index (χ4v) is 2.46. The number of aromatic nitrogens is 2. The summed E-state index contributed by atoms with van der Waals surface area (Å²) >= 11 is 1.33. The molecule has 0 saturated heterocycles. The normalized spacial score (nSPS) is 12.2. The first-order valence-electron chi connectivity index (χ1n) is 6.89. The van der Waals surface area contributed by atoms with Crippen LogP contribution in [-0.2, 0) is 4.79 Å². The molecule has 22 heavy (non-hydrogen) atoms. The van der Waals surface area contributed by atoms with Crippen LogP contribution < -0.4 is 10.6 Å². The average molecular weight is 322 g/mol. The van der Waals surface area contributed by atoms with Crippen LogP contribution in [-0.4, -0.2) is 28.0 Å². The summed E-state index contributed by atoms with van der Waals surface area (Å²) in [5.74, 6) is -0.416. The van der Waals surface area contributed by atoms with Gasteiger partial charge in [-0.1, -0.05) is 19.0 Å². The van der Waals surface area contributed by atoms with Crippen LogP contribution in [0.5, 0.6) is 0 Å². The molecule has 2 aromatic rings. The van der Waals surface area contributed by atoms with Gasteiger partial charge in [-0.05, 0) is 19.3 Å². The van der Waals surface area contributed by atoms with Crippen LogP contribution in [0.15, 0.2) is 22.4 Å². The molecule has 7 nitrogen and oxygen atoms in total. The van der Waals surface area contributed by atoms with Gasteiger partial charge < -0.3 is 15.2 Å². The molecule has 2 rings (SSSR count). The number of nitrogens with one attached hydrogen (secondary N) is 2. The Morgan fingerprint density at radius 1 is 1.41 bits per heavy atom. The van der Waals surface area contributed by atoms with Crippen molar-refractivity contribution in [1.82, 2.24) is 15.5 Å². The first-order valence-corrected chi connectivity index (χ1v) is 7.77. The van der Waals surface area contributed by atoms with Crippen LogP contribution in [0.4, 0.5) is 5.13 Å². The highest BCUT2D eigenvalue weighted by Crippen LogP contribution is 2.14. The second kappa shape index (κ2) is 7.17. The van der Waals surface area contributed by atoms with E-state index in [0.29, 0.717) is 22.8 Å². The zero-order valence-electron chi connectivity index (χ0n) is 12.6. The summed E-state index contributed by atoms with van der Waals surface area (Å²) in [6, 6.07) is -0.648. The largest absolute Gasteiger partial charge is 0.364 e. The first kappa shape index (κ1) is 16.2. The molecule has 1 unspecified atom stereocenters. The van der Waals surface area contributed by atoms with E-state index in [1.54, 1.807) is 18.5 Å². The third kappa shape index (κ3) is 4.14. The molecule has 0 aromatic carbocycles. The maximum absolute atomic E-state index is 12.3. The van der Waals surface area contributed by atoms with Crippen LogP contribution in [0, 0.1) is 12.8 Å². The molecule has 2 aromatic heterocycles. The van der Waals surface area contributed by atoms with Crippen molar-refractivity contribution in [2.45, 2.75) is 33.2 Å². The van der Waals surface area contributed by atoms with Crippen molar-refractivity contribution in [3.05, 3.63) is 29.1 Å². The molecule has 0 aliphatic carbocycles. The van der Waals surface area contributed by atoms with Gasteiger partial charge in [0.2, 0.25) is 5.91 Å². The van der Waals surface area contributed by atoms with Gasteiger partial charge in [0.25, 0.3) is 5.91 Å².